The molecule has 1 spiro atoms. The van der Waals surface area contributed by atoms with Gasteiger partial charge < -0.3 is 14.8 Å². The lowest BCUT2D eigenvalue weighted by Crippen LogP contribution is -2.41. The summed E-state index contributed by atoms with van der Waals surface area (Å²) in [6.07, 6.45) is 3.73. The van der Waals surface area contributed by atoms with Gasteiger partial charge >= 0.3 is 0 Å². The average molecular weight is 395 g/mol. The van der Waals surface area contributed by atoms with E-state index in [9.17, 15) is 0 Å². The minimum Gasteiger partial charge on any atom is -0.497 e. The number of aryl methyl sites for hydroxylation is 1. The first-order valence-corrected chi connectivity index (χ1v) is 10.7. The summed E-state index contributed by atoms with van der Waals surface area (Å²) in [7, 11) is 1.71. The van der Waals surface area contributed by atoms with E-state index < -0.39 is 0 Å². The molecule has 2 fully saturated rings. The lowest BCUT2D eigenvalue weighted by molar-refractivity contribution is 0.0498. The number of ether oxygens (including phenoxy) is 2. The van der Waals surface area contributed by atoms with E-state index in [1.165, 1.54) is 29.7 Å². The monoisotopic (exact) mass is 394 g/mol. The fraction of sp³-hybridized carbons (Fsp3) is 0.565. The van der Waals surface area contributed by atoms with Crippen molar-refractivity contribution in [1.29, 1.82) is 0 Å². The molecule has 0 amide bonds. The fourth-order valence-corrected chi connectivity index (χ4v) is 4.65. The van der Waals surface area contributed by atoms with Crippen LogP contribution < -0.4 is 10.1 Å². The average Bonchev–Trinajstić information content (AvgIpc) is 3.49. The summed E-state index contributed by atoms with van der Waals surface area (Å²) in [6, 6.07) is 8.38. The van der Waals surface area contributed by atoms with Gasteiger partial charge in [-0.25, -0.2) is 9.97 Å². The molecule has 29 heavy (non-hydrogen) atoms. The van der Waals surface area contributed by atoms with Crippen LogP contribution in [0.3, 0.4) is 0 Å². The number of nitrogens with zero attached hydrogens (tertiary/aromatic N) is 3. The molecule has 5 rings (SSSR count). The number of anilines is 1. The number of hydrogen-bond acceptors (Lipinski definition) is 6. The summed E-state index contributed by atoms with van der Waals surface area (Å²) in [5, 5.41) is 3.48. The van der Waals surface area contributed by atoms with Gasteiger partial charge in [-0.3, -0.25) is 4.90 Å². The van der Waals surface area contributed by atoms with E-state index in [4.69, 9.17) is 19.4 Å². The van der Waals surface area contributed by atoms with Crippen LogP contribution in [0.4, 0.5) is 5.95 Å². The van der Waals surface area contributed by atoms with E-state index in [0.717, 1.165) is 62.5 Å². The third-order valence-corrected chi connectivity index (χ3v) is 6.58. The second-order valence-electron chi connectivity index (χ2n) is 8.87. The first-order valence-electron chi connectivity index (χ1n) is 10.7. The number of nitrogens with one attached hydrogen (secondary N) is 1. The van der Waals surface area contributed by atoms with Crippen molar-refractivity contribution in [3.05, 3.63) is 46.8 Å². The Bertz CT molecular complexity index is 881. The van der Waals surface area contributed by atoms with Crippen molar-refractivity contribution < 1.29 is 9.47 Å². The standard InChI is InChI=1S/C23H30N4O2/c1-16-20-13-29-15-23(21(20)26-22(25-16)24-11-17-3-4-17)9-10-27(14-23)12-18-5-7-19(28-2)8-6-18/h5-8,17H,3-4,9-15H2,1-2H3,(H,24,25,26)/t23-/m0/s1. The summed E-state index contributed by atoms with van der Waals surface area (Å²) in [6.45, 7) is 7.44. The number of rotatable bonds is 6. The predicted molar refractivity (Wildman–Crippen MR) is 112 cm³/mol. The Labute approximate surface area is 172 Å². The van der Waals surface area contributed by atoms with Crippen LogP contribution in [0.25, 0.3) is 0 Å². The maximum atomic E-state index is 6.05. The van der Waals surface area contributed by atoms with Crippen molar-refractivity contribution in [3.8, 4) is 5.75 Å². The van der Waals surface area contributed by atoms with E-state index in [0.29, 0.717) is 6.61 Å². The zero-order chi connectivity index (χ0) is 19.8. The summed E-state index contributed by atoms with van der Waals surface area (Å²) >= 11 is 0. The Morgan fingerprint density at radius 1 is 1.24 bits per heavy atom. The van der Waals surface area contributed by atoms with Crippen LogP contribution in [0.15, 0.2) is 24.3 Å². The molecule has 6 heteroatoms. The van der Waals surface area contributed by atoms with Crippen molar-refractivity contribution >= 4 is 5.95 Å². The zero-order valence-electron chi connectivity index (χ0n) is 17.4. The highest BCUT2D eigenvalue weighted by molar-refractivity contribution is 5.40. The molecule has 2 aliphatic heterocycles. The summed E-state index contributed by atoms with van der Waals surface area (Å²) in [4.78, 5) is 12.3. The van der Waals surface area contributed by atoms with E-state index in [2.05, 4.69) is 29.3 Å². The molecule has 1 saturated carbocycles. The highest BCUT2D eigenvalue weighted by Crippen LogP contribution is 2.40. The van der Waals surface area contributed by atoms with E-state index in [1.54, 1.807) is 7.11 Å². The smallest absolute Gasteiger partial charge is 0.223 e. The number of methoxy groups -OCH3 is 1. The van der Waals surface area contributed by atoms with Gasteiger partial charge in [0.25, 0.3) is 0 Å². The molecule has 3 aliphatic rings. The van der Waals surface area contributed by atoms with Gasteiger partial charge in [-0.05, 0) is 56.3 Å². The second-order valence-corrected chi connectivity index (χ2v) is 8.87. The van der Waals surface area contributed by atoms with E-state index in [-0.39, 0.29) is 5.41 Å². The molecule has 1 saturated heterocycles. The minimum absolute atomic E-state index is 0.0240. The van der Waals surface area contributed by atoms with Crippen LogP contribution in [-0.2, 0) is 23.3 Å². The summed E-state index contributed by atoms with van der Waals surface area (Å²) in [5.41, 5.74) is 4.75. The summed E-state index contributed by atoms with van der Waals surface area (Å²) < 4.78 is 11.3. The Morgan fingerprint density at radius 2 is 2.07 bits per heavy atom. The molecular formula is C23H30N4O2. The molecule has 0 radical (unpaired) electrons. The lowest BCUT2D eigenvalue weighted by Gasteiger charge is -2.35. The number of benzene rings is 1. The van der Waals surface area contributed by atoms with Gasteiger partial charge in [-0.2, -0.15) is 0 Å². The second kappa shape index (κ2) is 7.58. The Kier molecular flexibility index (Phi) is 4.92. The largest absolute Gasteiger partial charge is 0.497 e. The summed E-state index contributed by atoms with van der Waals surface area (Å²) in [5.74, 6) is 2.50. The molecule has 3 heterocycles. The fourth-order valence-electron chi connectivity index (χ4n) is 4.65. The van der Waals surface area contributed by atoms with E-state index in [1.807, 2.05) is 12.1 Å². The SMILES string of the molecule is COc1ccc(CN2CC[C@@]3(COCc4c(C)nc(NCC5CC5)nc43)C2)cc1. The molecule has 1 aliphatic carbocycles. The topological polar surface area (TPSA) is 59.5 Å². The number of fused-ring (bicyclic) bond motifs is 2. The first-order chi connectivity index (χ1) is 14.1. The quantitative estimate of drug-likeness (QED) is 0.811. The molecular weight excluding hydrogens is 364 g/mol. The third-order valence-electron chi connectivity index (χ3n) is 6.58. The van der Waals surface area contributed by atoms with Crippen molar-refractivity contribution in [2.45, 2.75) is 44.8 Å². The molecule has 1 N–H and O–H groups in total. The molecule has 1 atom stereocenters. The molecule has 0 unspecified atom stereocenters. The minimum atomic E-state index is -0.0240. The molecule has 1 aromatic carbocycles. The zero-order valence-corrected chi connectivity index (χ0v) is 17.4. The van der Waals surface area contributed by atoms with Crippen LogP contribution >= 0.6 is 0 Å². The van der Waals surface area contributed by atoms with Crippen molar-refractivity contribution in [3.63, 3.8) is 0 Å². The number of aromatic nitrogens is 2. The van der Waals surface area contributed by atoms with Gasteiger partial charge in [0, 0.05) is 30.9 Å². The van der Waals surface area contributed by atoms with Gasteiger partial charge in [-0.15, -0.1) is 0 Å². The van der Waals surface area contributed by atoms with Crippen LogP contribution in [0, 0.1) is 12.8 Å². The van der Waals surface area contributed by atoms with Gasteiger partial charge in [-0.1, -0.05) is 12.1 Å². The lowest BCUT2D eigenvalue weighted by atomic mass is 9.80. The van der Waals surface area contributed by atoms with Crippen LogP contribution in [0.5, 0.6) is 5.75 Å². The highest BCUT2D eigenvalue weighted by atomic mass is 16.5. The van der Waals surface area contributed by atoms with Gasteiger partial charge in [0.15, 0.2) is 0 Å². The Morgan fingerprint density at radius 3 is 2.83 bits per heavy atom. The van der Waals surface area contributed by atoms with Gasteiger partial charge in [0.1, 0.15) is 5.75 Å². The van der Waals surface area contributed by atoms with Crippen molar-refractivity contribution in [2.75, 3.05) is 38.7 Å². The molecule has 154 valence electrons. The molecule has 0 bridgehead atoms. The highest BCUT2D eigenvalue weighted by Gasteiger charge is 2.45. The molecule has 6 nitrogen and oxygen atoms in total. The normalized spacial score (nSPS) is 23.9. The van der Waals surface area contributed by atoms with Crippen molar-refractivity contribution in [2.24, 2.45) is 5.92 Å². The van der Waals surface area contributed by atoms with Crippen molar-refractivity contribution in [1.82, 2.24) is 14.9 Å². The maximum Gasteiger partial charge on any atom is 0.223 e. The predicted octanol–water partition coefficient (Wildman–Crippen LogP) is 3.29. The maximum absolute atomic E-state index is 6.05. The first kappa shape index (κ1) is 18.8. The number of likely N-dealkylation sites (tertiary alicyclic amines) is 1. The Hall–Kier alpha value is -2.18. The van der Waals surface area contributed by atoms with Gasteiger partial charge in [0.05, 0.1) is 31.4 Å². The van der Waals surface area contributed by atoms with Crippen LogP contribution in [-0.4, -0.2) is 48.2 Å². The Balaban J connectivity index is 1.35. The molecule has 2 aromatic rings. The van der Waals surface area contributed by atoms with Gasteiger partial charge in [0.2, 0.25) is 5.95 Å². The van der Waals surface area contributed by atoms with E-state index >= 15 is 0 Å². The van der Waals surface area contributed by atoms with Crippen LogP contribution in [0.1, 0.15) is 41.8 Å². The van der Waals surface area contributed by atoms with Crippen LogP contribution in [0.2, 0.25) is 0 Å². The third kappa shape index (κ3) is 3.83. The number of hydrogen-bond donors (Lipinski definition) is 1. The molecule has 1 aromatic heterocycles.